The van der Waals surface area contributed by atoms with Gasteiger partial charge < -0.3 is 10.6 Å². The first kappa shape index (κ1) is 17.1. The number of rotatable bonds is 4. The van der Waals surface area contributed by atoms with E-state index in [9.17, 15) is 4.39 Å². The average molecular weight is 350 g/mol. The molecule has 0 unspecified atom stereocenters. The minimum atomic E-state index is -0.334. The molecule has 0 saturated heterocycles. The zero-order valence-electron chi connectivity index (χ0n) is 13.9. The fraction of sp³-hybridized carbons (Fsp3) is 0.0952. The van der Waals surface area contributed by atoms with Gasteiger partial charge in [-0.25, -0.2) is 4.39 Å². The lowest BCUT2D eigenvalue weighted by molar-refractivity contribution is 0.632. The molecule has 0 aliphatic rings. The molecule has 2 N–H and O–H groups in total. The Balaban J connectivity index is 1.87. The van der Waals surface area contributed by atoms with E-state index in [0.29, 0.717) is 10.8 Å². The van der Waals surface area contributed by atoms with Crippen molar-refractivity contribution in [2.75, 3.05) is 5.32 Å². The zero-order chi connectivity index (χ0) is 17.6. The van der Waals surface area contributed by atoms with Gasteiger partial charge in [0, 0.05) is 0 Å². The van der Waals surface area contributed by atoms with Crippen molar-refractivity contribution in [3.05, 3.63) is 101 Å². The summed E-state index contributed by atoms with van der Waals surface area (Å²) in [6.45, 7) is 2.07. The Morgan fingerprint density at radius 3 is 2.24 bits per heavy atom. The number of para-hydroxylation sites is 1. The molecule has 25 heavy (non-hydrogen) atoms. The number of hydrogen-bond acceptors (Lipinski definition) is 1. The Labute approximate surface area is 152 Å². The van der Waals surface area contributed by atoms with Gasteiger partial charge in [-0.1, -0.05) is 66.7 Å². The Bertz CT molecular complexity index is 865. The Morgan fingerprint density at radius 1 is 0.880 bits per heavy atom. The van der Waals surface area contributed by atoms with Gasteiger partial charge in [0.2, 0.25) is 0 Å². The van der Waals surface area contributed by atoms with Crippen LogP contribution < -0.4 is 10.6 Å². The van der Waals surface area contributed by atoms with Crippen LogP contribution in [0.25, 0.3) is 0 Å². The first-order chi connectivity index (χ1) is 12.1. The first-order valence-corrected chi connectivity index (χ1v) is 8.48. The molecule has 3 aromatic rings. The van der Waals surface area contributed by atoms with Gasteiger partial charge in [0.05, 0.1) is 11.7 Å². The molecular formula is C21H19FN2S. The molecule has 4 heteroatoms. The van der Waals surface area contributed by atoms with Crippen LogP contribution in [0.5, 0.6) is 0 Å². The van der Waals surface area contributed by atoms with Crippen molar-refractivity contribution in [1.29, 1.82) is 0 Å². The predicted octanol–water partition coefficient (Wildman–Crippen LogP) is 5.21. The van der Waals surface area contributed by atoms with Crippen LogP contribution in [0.2, 0.25) is 0 Å². The van der Waals surface area contributed by atoms with Gasteiger partial charge in [-0.05, 0) is 48.0 Å². The van der Waals surface area contributed by atoms with Gasteiger partial charge in [0.1, 0.15) is 5.82 Å². The minimum absolute atomic E-state index is 0.117. The number of aryl methyl sites for hydroxylation is 1. The van der Waals surface area contributed by atoms with Crippen molar-refractivity contribution in [1.82, 2.24) is 5.32 Å². The van der Waals surface area contributed by atoms with E-state index < -0.39 is 0 Å². The molecule has 1 atom stereocenters. The number of thiocarbonyl (C=S) groups is 1. The van der Waals surface area contributed by atoms with Crippen LogP contribution in [0.3, 0.4) is 0 Å². The van der Waals surface area contributed by atoms with Gasteiger partial charge >= 0.3 is 0 Å². The van der Waals surface area contributed by atoms with Gasteiger partial charge in [-0.15, -0.1) is 0 Å². The number of hydrogen-bond donors (Lipinski definition) is 2. The van der Waals surface area contributed by atoms with Crippen LogP contribution >= 0.6 is 12.2 Å². The van der Waals surface area contributed by atoms with E-state index in [4.69, 9.17) is 12.2 Å². The molecule has 3 rings (SSSR count). The van der Waals surface area contributed by atoms with Gasteiger partial charge in [0.25, 0.3) is 0 Å². The maximum absolute atomic E-state index is 13.8. The summed E-state index contributed by atoms with van der Waals surface area (Å²) >= 11 is 5.43. The van der Waals surface area contributed by atoms with Crippen LogP contribution in [0.15, 0.2) is 78.9 Å². The van der Waals surface area contributed by atoms with Crippen molar-refractivity contribution in [3.8, 4) is 0 Å². The molecule has 0 aliphatic carbocycles. The van der Waals surface area contributed by atoms with Gasteiger partial charge in [-0.2, -0.15) is 0 Å². The number of benzene rings is 3. The summed E-state index contributed by atoms with van der Waals surface area (Å²) in [6, 6.07) is 24.6. The number of anilines is 1. The third kappa shape index (κ3) is 4.22. The first-order valence-electron chi connectivity index (χ1n) is 8.07. The summed E-state index contributed by atoms with van der Waals surface area (Å²) in [6.07, 6.45) is 0. The van der Waals surface area contributed by atoms with Crippen LogP contribution in [-0.2, 0) is 0 Å². The molecular weight excluding hydrogens is 331 g/mol. The molecule has 126 valence electrons. The highest BCUT2D eigenvalue weighted by Gasteiger charge is 2.17. The van der Waals surface area contributed by atoms with E-state index in [1.165, 1.54) is 6.07 Å². The van der Waals surface area contributed by atoms with E-state index in [2.05, 4.69) is 41.8 Å². The van der Waals surface area contributed by atoms with Crippen molar-refractivity contribution >= 4 is 23.0 Å². The maximum Gasteiger partial charge on any atom is 0.171 e. The lowest BCUT2D eigenvalue weighted by Gasteiger charge is -2.23. The molecule has 2 nitrogen and oxygen atoms in total. The third-order valence-electron chi connectivity index (χ3n) is 4.03. The molecule has 0 aromatic heterocycles. The molecule has 0 saturated carbocycles. The van der Waals surface area contributed by atoms with Crippen LogP contribution in [0.4, 0.5) is 10.1 Å². The quantitative estimate of drug-likeness (QED) is 0.632. The van der Waals surface area contributed by atoms with E-state index in [1.807, 2.05) is 30.3 Å². The van der Waals surface area contributed by atoms with E-state index in [0.717, 1.165) is 16.7 Å². The fourth-order valence-electron chi connectivity index (χ4n) is 2.75. The zero-order valence-corrected chi connectivity index (χ0v) is 14.7. The molecule has 0 amide bonds. The molecule has 0 heterocycles. The second-order valence-electron chi connectivity index (χ2n) is 5.78. The van der Waals surface area contributed by atoms with Crippen molar-refractivity contribution in [2.45, 2.75) is 13.0 Å². The summed E-state index contributed by atoms with van der Waals surface area (Å²) in [7, 11) is 0. The summed E-state index contributed by atoms with van der Waals surface area (Å²) in [5.41, 5.74) is 3.75. The van der Waals surface area contributed by atoms with Crippen molar-refractivity contribution in [2.24, 2.45) is 0 Å². The molecule has 0 spiro atoms. The number of nitrogens with one attached hydrogen (secondary N) is 2. The normalized spacial score (nSPS) is 11.6. The lowest BCUT2D eigenvalue weighted by Crippen LogP contribution is -2.33. The number of halogens is 1. The molecule has 3 aromatic carbocycles. The smallest absolute Gasteiger partial charge is 0.171 e. The van der Waals surface area contributed by atoms with Gasteiger partial charge in [-0.3, -0.25) is 0 Å². The summed E-state index contributed by atoms with van der Waals surface area (Å²) in [5.74, 6) is -0.334. The summed E-state index contributed by atoms with van der Waals surface area (Å²) < 4.78 is 13.8. The molecule has 0 aliphatic heterocycles. The monoisotopic (exact) mass is 350 g/mol. The molecule has 0 radical (unpaired) electrons. The lowest BCUT2D eigenvalue weighted by atomic mass is 9.95. The maximum atomic E-state index is 13.8. The van der Waals surface area contributed by atoms with E-state index in [1.54, 1.807) is 18.2 Å². The second kappa shape index (κ2) is 7.90. The van der Waals surface area contributed by atoms with E-state index >= 15 is 0 Å². The Morgan fingerprint density at radius 2 is 1.52 bits per heavy atom. The molecule has 0 bridgehead atoms. The average Bonchev–Trinajstić information content (AvgIpc) is 2.63. The Hall–Kier alpha value is -2.72. The SMILES string of the molecule is Cc1ccccc1[C@H](NC(=S)Nc1ccccc1F)c1ccccc1. The van der Waals surface area contributed by atoms with Crippen molar-refractivity contribution in [3.63, 3.8) is 0 Å². The van der Waals surface area contributed by atoms with Crippen LogP contribution in [0.1, 0.15) is 22.7 Å². The fourth-order valence-corrected chi connectivity index (χ4v) is 2.98. The second-order valence-corrected chi connectivity index (χ2v) is 6.19. The topological polar surface area (TPSA) is 24.1 Å². The largest absolute Gasteiger partial charge is 0.352 e. The molecule has 0 fully saturated rings. The standard InChI is InChI=1S/C21H19FN2S/c1-15-9-5-6-12-17(15)20(16-10-3-2-4-11-16)24-21(25)23-19-14-8-7-13-18(19)22/h2-14,20H,1H3,(H2,23,24,25)/t20-/m1/s1. The highest BCUT2D eigenvalue weighted by molar-refractivity contribution is 7.80. The Kier molecular flexibility index (Phi) is 5.41. The van der Waals surface area contributed by atoms with Crippen LogP contribution in [-0.4, -0.2) is 5.11 Å². The highest BCUT2D eigenvalue weighted by Crippen LogP contribution is 2.25. The summed E-state index contributed by atoms with van der Waals surface area (Å²) in [4.78, 5) is 0. The highest BCUT2D eigenvalue weighted by atomic mass is 32.1. The van der Waals surface area contributed by atoms with Crippen molar-refractivity contribution < 1.29 is 4.39 Å². The van der Waals surface area contributed by atoms with E-state index in [-0.39, 0.29) is 11.9 Å². The van der Waals surface area contributed by atoms with Gasteiger partial charge in [0.15, 0.2) is 5.11 Å². The summed E-state index contributed by atoms with van der Waals surface area (Å²) in [5, 5.41) is 6.64. The minimum Gasteiger partial charge on any atom is -0.352 e. The van der Waals surface area contributed by atoms with Crippen LogP contribution in [0, 0.1) is 12.7 Å². The predicted molar refractivity (Wildman–Crippen MR) is 105 cm³/mol. The third-order valence-corrected chi connectivity index (χ3v) is 4.25.